The van der Waals surface area contributed by atoms with Crippen LogP contribution in [0.1, 0.15) is 44.7 Å². The molecule has 0 bridgehead atoms. The van der Waals surface area contributed by atoms with E-state index in [1.165, 1.54) is 11.0 Å². The fraction of sp³-hybridized carbons (Fsp3) is 0.560. The smallest absolute Gasteiger partial charge is 0.338 e. The van der Waals surface area contributed by atoms with E-state index in [1.807, 2.05) is 11.8 Å². The van der Waals surface area contributed by atoms with Gasteiger partial charge < -0.3 is 15.0 Å². The van der Waals surface area contributed by atoms with Gasteiger partial charge in [-0.2, -0.15) is 0 Å². The van der Waals surface area contributed by atoms with Crippen LogP contribution in [0.5, 0.6) is 0 Å². The lowest BCUT2D eigenvalue weighted by Crippen LogP contribution is -2.57. The standard InChI is InChI=1S/C25H33FN4O4/c1-4-34-24(32)21-20(28(3)25(33)27-22(21)18-10-5-6-11-19(18)26)15-29-12-13-30(16(2)14-29)23(31)17-8-7-9-17/h5-6,10-11,16-17,22H,4,7-9,12-15H2,1-3H3,(H,27,33). The van der Waals surface area contributed by atoms with Gasteiger partial charge in [-0.1, -0.05) is 24.6 Å². The first kappa shape index (κ1) is 24.2. The van der Waals surface area contributed by atoms with Crippen molar-refractivity contribution in [2.75, 3.05) is 39.8 Å². The Morgan fingerprint density at radius 2 is 1.94 bits per heavy atom. The lowest BCUT2D eigenvalue weighted by Gasteiger charge is -2.44. The molecule has 1 saturated heterocycles. The van der Waals surface area contributed by atoms with Gasteiger partial charge in [0.1, 0.15) is 5.82 Å². The molecule has 2 aliphatic heterocycles. The Morgan fingerprint density at radius 3 is 2.56 bits per heavy atom. The second-order valence-electron chi connectivity index (χ2n) is 9.29. The van der Waals surface area contributed by atoms with Crippen LogP contribution in [0, 0.1) is 11.7 Å². The van der Waals surface area contributed by atoms with Gasteiger partial charge in [0.25, 0.3) is 0 Å². The van der Waals surface area contributed by atoms with Crippen LogP contribution in [0.15, 0.2) is 35.5 Å². The maximum absolute atomic E-state index is 14.7. The number of halogens is 1. The number of hydrogen-bond acceptors (Lipinski definition) is 5. The fourth-order valence-electron chi connectivity index (χ4n) is 4.95. The summed E-state index contributed by atoms with van der Waals surface area (Å²) in [7, 11) is 1.60. The average Bonchev–Trinajstić information content (AvgIpc) is 2.76. The van der Waals surface area contributed by atoms with Crippen molar-refractivity contribution in [3.63, 3.8) is 0 Å². The fourth-order valence-corrected chi connectivity index (χ4v) is 4.95. The van der Waals surface area contributed by atoms with Gasteiger partial charge in [-0.05, 0) is 32.8 Å². The molecule has 1 saturated carbocycles. The van der Waals surface area contributed by atoms with E-state index in [1.54, 1.807) is 32.2 Å². The molecule has 9 heteroatoms. The molecule has 1 aliphatic carbocycles. The van der Waals surface area contributed by atoms with E-state index in [-0.39, 0.29) is 35.6 Å². The first-order valence-corrected chi connectivity index (χ1v) is 12.0. The highest BCUT2D eigenvalue weighted by Gasteiger charge is 2.40. The molecule has 1 N–H and O–H groups in total. The quantitative estimate of drug-likeness (QED) is 0.644. The Hall–Kier alpha value is -2.94. The summed E-state index contributed by atoms with van der Waals surface area (Å²) in [5.41, 5.74) is 0.935. The van der Waals surface area contributed by atoms with Crippen molar-refractivity contribution >= 4 is 17.9 Å². The van der Waals surface area contributed by atoms with Crippen LogP contribution in [-0.4, -0.2) is 78.5 Å². The molecular formula is C25H33FN4O4. The first-order valence-electron chi connectivity index (χ1n) is 12.0. The maximum atomic E-state index is 14.7. The largest absolute Gasteiger partial charge is 0.463 e. The number of piperazine rings is 1. The van der Waals surface area contributed by atoms with Gasteiger partial charge in [0, 0.05) is 56.4 Å². The van der Waals surface area contributed by atoms with Crippen LogP contribution in [0.4, 0.5) is 9.18 Å². The maximum Gasteiger partial charge on any atom is 0.338 e. The van der Waals surface area contributed by atoms with Crippen LogP contribution in [0.25, 0.3) is 0 Å². The number of carbonyl (C=O) groups excluding carboxylic acids is 3. The molecule has 0 spiro atoms. The molecule has 2 atom stereocenters. The minimum absolute atomic E-state index is 0.0265. The zero-order valence-corrected chi connectivity index (χ0v) is 20.1. The number of carbonyl (C=O) groups is 3. The zero-order valence-electron chi connectivity index (χ0n) is 20.1. The van der Waals surface area contributed by atoms with E-state index in [9.17, 15) is 18.8 Å². The predicted molar refractivity (Wildman–Crippen MR) is 124 cm³/mol. The van der Waals surface area contributed by atoms with Crippen LogP contribution in [0.3, 0.4) is 0 Å². The number of hydrogen-bond donors (Lipinski definition) is 1. The van der Waals surface area contributed by atoms with Crippen LogP contribution < -0.4 is 5.32 Å². The molecule has 2 unspecified atom stereocenters. The van der Waals surface area contributed by atoms with E-state index in [2.05, 4.69) is 10.2 Å². The summed E-state index contributed by atoms with van der Waals surface area (Å²) in [6.45, 7) is 6.07. The topological polar surface area (TPSA) is 82.2 Å². The van der Waals surface area contributed by atoms with E-state index in [0.29, 0.717) is 31.9 Å². The molecule has 2 heterocycles. The monoisotopic (exact) mass is 472 g/mol. The summed E-state index contributed by atoms with van der Waals surface area (Å²) < 4.78 is 20.0. The van der Waals surface area contributed by atoms with E-state index >= 15 is 0 Å². The minimum atomic E-state index is -0.946. The SMILES string of the molecule is CCOC(=O)C1=C(CN2CCN(C(=O)C3CCC3)C(C)C2)N(C)C(=O)NC1c1ccccc1F. The molecule has 4 rings (SSSR count). The Labute approximate surface area is 199 Å². The van der Waals surface area contributed by atoms with Crippen molar-refractivity contribution in [1.29, 1.82) is 0 Å². The number of ether oxygens (including phenoxy) is 1. The molecule has 2 fully saturated rings. The summed E-state index contributed by atoms with van der Waals surface area (Å²) in [5.74, 6) is -0.694. The third kappa shape index (κ3) is 4.66. The molecular weight excluding hydrogens is 439 g/mol. The van der Waals surface area contributed by atoms with E-state index in [4.69, 9.17) is 4.74 Å². The number of nitrogens with zero attached hydrogens (tertiary/aromatic N) is 3. The number of esters is 1. The van der Waals surface area contributed by atoms with Crippen molar-refractivity contribution in [2.45, 2.75) is 45.2 Å². The van der Waals surface area contributed by atoms with Gasteiger partial charge in [0.2, 0.25) is 5.91 Å². The third-order valence-electron chi connectivity index (χ3n) is 7.11. The minimum Gasteiger partial charge on any atom is -0.463 e. The number of rotatable bonds is 6. The summed E-state index contributed by atoms with van der Waals surface area (Å²) >= 11 is 0. The highest BCUT2D eigenvalue weighted by molar-refractivity contribution is 5.95. The first-order chi connectivity index (χ1) is 16.3. The Bertz CT molecular complexity index is 993. The van der Waals surface area contributed by atoms with Gasteiger partial charge in [-0.15, -0.1) is 0 Å². The molecule has 3 amide bonds. The molecule has 0 radical (unpaired) electrons. The number of urea groups is 1. The second kappa shape index (κ2) is 10.1. The number of nitrogens with one attached hydrogen (secondary N) is 1. The predicted octanol–water partition coefficient (Wildman–Crippen LogP) is 2.67. The van der Waals surface area contributed by atoms with Gasteiger partial charge in [-0.25, -0.2) is 14.0 Å². The van der Waals surface area contributed by atoms with Crippen molar-refractivity contribution in [3.05, 3.63) is 46.9 Å². The lowest BCUT2D eigenvalue weighted by atomic mass is 9.84. The van der Waals surface area contributed by atoms with Crippen molar-refractivity contribution in [2.24, 2.45) is 5.92 Å². The van der Waals surface area contributed by atoms with E-state index in [0.717, 1.165) is 19.3 Å². The number of benzene rings is 1. The molecule has 1 aromatic rings. The average molecular weight is 473 g/mol. The lowest BCUT2D eigenvalue weighted by molar-refractivity contribution is -0.142. The zero-order chi connectivity index (χ0) is 24.4. The molecule has 3 aliphatic rings. The van der Waals surface area contributed by atoms with Crippen LogP contribution in [-0.2, 0) is 14.3 Å². The van der Waals surface area contributed by atoms with Crippen molar-refractivity contribution in [3.8, 4) is 0 Å². The molecule has 34 heavy (non-hydrogen) atoms. The third-order valence-corrected chi connectivity index (χ3v) is 7.11. The van der Waals surface area contributed by atoms with Crippen LogP contribution >= 0.6 is 0 Å². The Balaban J connectivity index is 1.61. The van der Waals surface area contributed by atoms with Crippen molar-refractivity contribution < 1.29 is 23.5 Å². The summed E-state index contributed by atoms with van der Waals surface area (Å²) in [6, 6.07) is 4.78. The summed E-state index contributed by atoms with van der Waals surface area (Å²) in [6.07, 6.45) is 3.06. The molecule has 184 valence electrons. The number of amides is 3. The summed E-state index contributed by atoms with van der Waals surface area (Å²) in [5, 5.41) is 2.75. The highest BCUT2D eigenvalue weighted by Crippen LogP contribution is 2.33. The molecule has 0 aromatic heterocycles. The molecule has 8 nitrogen and oxygen atoms in total. The highest BCUT2D eigenvalue weighted by atomic mass is 19.1. The number of likely N-dealkylation sites (N-methyl/N-ethyl adjacent to an activating group) is 1. The van der Waals surface area contributed by atoms with Crippen LogP contribution in [0.2, 0.25) is 0 Å². The van der Waals surface area contributed by atoms with Gasteiger partial charge in [-0.3, -0.25) is 14.6 Å². The van der Waals surface area contributed by atoms with Gasteiger partial charge in [0.05, 0.1) is 18.2 Å². The van der Waals surface area contributed by atoms with Crippen molar-refractivity contribution in [1.82, 2.24) is 20.0 Å². The normalized spacial score (nSPS) is 24.1. The summed E-state index contributed by atoms with van der Waals surface area (Å²) in [4.78, 5) is 44.2. The van der Waals surface area contributed by atoms with Gasteiger partial charge in [0.15, 0.2) is 0 Å². The Kier molecular flexibility index (Phi) is 7.21. The van der Waals surface area contributed by atoms with E-state index < -0.39 is 23.9 Å². The second-order valence-corrected chi connectivity index (χ2v) is 9.29. The Morgan fingerprint density at radius 1 is 1.21 bits per heavy atom. The van der Waals surface area contributed by atoms with Gasteiger partial charge >= 0.3 is 12.0 Å². The molecule has 1 aromatic carbocycles.